The minimum atomic E-state index is -0.916. The van der Waals surface area contributed by atoms with E-state index in [9.17, 15) is 14.7 Å². The third-order valence-corrected chi connectivity index (χ3v) is 3.21. The molecule has 0 aromatic rings. The monoisotopic (exact) mass is 240 g/mol. The number of carboxylic acids is 2. The lowest BCUT2D eigenvalue weighted by Crippen LogP contribution is -2.16. The Balaban J connectivity index is 3.32. The standard InChI is InChI=1S/C7H12O5S2/c8-5(1-13-3-6(9)10)2-14-4-7(11)12/h5,8H,1-4H2,(H,9,10)(H,11,12). The number of aliphatic carboxylic acids is 2. The van der Waals surface area contributed by atoms with E-state index in [0.29, 0.717) is 11.5 Å². The summed E-state index contributed by atoms with van der Waals surface area (Å²) in [6.07, 6.45) is -0.649. The Morgan fingerprint density at radius 2 is 1.36 bits per heavy atom. The Bertz CT molecular complexity index is 177. The Morgan fingerprint density at radius 3 is 1.64 bits per heavy atom. The van der Waals surface area contributed by atoms with Crippen LogP contribution in [0.4, 0.5) is 0 Å². The second-order valence-corrected chi connectivity index (χ2v) is 4.53. The molecule has 5 nitrogen and oxygen atoms in total. The van der Waals surface area contributed by atoms with E-state index in [1.54, 1.807) is 0 Å². The van der Waals surface area contributed by atoms with E-state index in [-0.39, 0.29) is 11.5 Å². The molecule has 0 atom stereocenters. The topological polar surface area (TPSA) is 94.8 Å². The van der Waals surface area contributed by atoms with Crippen LogP contribution in [0.15, 0.2) is 0 Å². The summed E-state index contributed by atoms with van der Waals surface area (Å²) in [4.78, 5) is 20.2. The van der Waals surface area contributed by atoms with E-state index < -0.39 is 18.0 Å². The molecule has 0 bridgehead atoms. The third kappa shape index (κ3) is 9.69. The molecular formula is C7H12O5S2. The molecule has 0 unspecified atom stereocenters. The van der Waals surface area contributed by atoms with Gasteiger partial charge >= 0.3 is 11.9 Å². The summed E-state index contributed by atoms with van der Waals surface area (Å²) < 4.78 is 0. The first-order valence-corrected chi connectivity index (χ1v) is 6.10. The van der Waals surface area contributed by atoms with Crippen molar-refractivity contribution < 1.29 is 24.9 Å². The second-order valence-electron chi connectivity index (χ2n) is 2.47. The number of aliphatic hydroxyl groups excluding tert-OH is 1. The fraction of sp³-hybridized carbons (Fsp3) is 0.714. The van der Waals surface area contributed by atoms with Gasteiger partial charge in [0.1, 0.15) is 0 Å². The zero-order chi connectivity index (χ0) is 11.0. The van der Waals surface area contributed by atoms with Gasteiger partial charge in [-0.05, 0) is 0 Å². The number of carboxylic acid groups (broad SMARTS) is 2. The molecule has 0 aromatic heterocycles. The summed E-state index contributed by atoms with van der Waals surface area (Å²) in [7, 11) is 0. The van der Waals surface area contributed by atoms with Gasteiger partial charge in [-0.25, -0.2) is 0 Å². The summed E-state index contributed by atoms with van der Waals surface area (Å²) in [5, 5.41) is 25.8. The average molecular weight is 240 g/mol. The fourth-order valence-corrected chi connectivity index (χ4v) is 2.13. The van der Waals surface area contributed by atoms with Crippen molar-refractivity contribution in [2.75, 3.05) is 23.0 Å². The Morgan fingerprint density at radius 1 is 1.00 bits per heavy atom. The van der Waals surface area contributed by atoms with Crippen LogP contribution >= 0.6 is 23.5 Å². The van der Waals surface area contributed by atoms with Crippen LogP contribution in [0.3, 0.4) is 0 Å². The van der Waals surface area contributed by atoms with Crippen molar-refractivity contribution in [3.8, 4) is 0 Å². The van der Waals surface area contributed by atoms with E-state index in [0.717, 1.165) is 23.5 Å². The van der Waals surface area contributed by atoms with Gasteiger partial charge in [0.2, 0.25) is 0 Å². The minimum Gasteiger partial charge on any atom is -0.481 e. The van der Waals surface area contributed by atoms with E-state index in [2.05, 4.69) is 0 Å². The number of rotatable bonds is 8. The van der Waals surface area contributed by atoms with Crippen molar-refractivity contribution in [3.63, 3.8) is 0 Å². The highest BCUT2D eigenvalue weighted by molar-refractivity contribution is 8.00. The van der Waals surface area contributed by atoms with E-state index >= 15 is 0 Å². The zero-order valence-corrected chi connectivity index (χ0v) is 9.01. The Kier molecular flexibility index (Phi) is 7.73. The molecule has 82 valence electrons. The predicted octanol–water partition coefficient (Wildman–Crippen LogP) is -0.0171. The van der Waals surface area contributed by atoms with E-state index in [1.165, 1.54) is 0 Å². The van der Waals surface area contributed by atoms with Crippen LogP contribution in [0.1, 0.15) is 0 Å². The maximum Gasteiger partial charge on any atom is 0.313 e. The predicted molar refractivity (Wildman–Crippen MR) is 55.9 cm³/mol. The van der Waals surface area contributed by atoms with Crippen molar-refractivity contribution >= 4 is 35.5 Å². The smallest absolute Gasteiger partial charge is 0.313 e. The van der Waals surface area contributed by atoms with Crippen LogP contribution < -0.4 is 0 Å². The van der Waals surface area contributed by atoms with Gasteiger partial charge in [-0.3, -0.25) is 9.59 Å². The number of hydrogen-bond donors (Lipinski definition) is 3. The largest absolute Gasteiger partial charge is 0.481 e. The molecule has 7 heteroatoms. The molecule has 0 aliphatic carbocycles. The van der Waals surface area contributed by atoms with E-state index in [4.69, 9.17) is 10.2 Å². The van der Waals surface area contributed by atoms with Crippen molar-refractivity contribution in [3.05, 3.63) is 0 Å². The van der Waals surface area contributed by atoms with Gasteiger partial charge in [0.05, 0.1) is 17.6 Å². The summed E-state index contributed by atoms with van der Waals surface area (Å²) in [6.45, 7) is 0. The molecule has 3 N–H and O–H groups in total. The number of aliphatic hydroxyl groups is 1. The fourth-order valence-electron chi connectivity index (χ4n) is 0.613. The SMILES string of the molecule is O=C(O)CSCC(O)CSCC(=O)O. The van der Waals surface area contributed by atoms with Crippen LogP contribution in [0, 0.1) is 0 Å². The van der Waals surface area contributed by atoms with Crippen molar-refractivity contribution in [2.24, 2.45) is 0 Å². The molecule has 0 fully saturated rings. The maximum absolute atomic E-state index is 10.1. The molecule has 0 aromatic carbocycles. The first kappa shape index (κ1) is 13.6. The molecular weight excluding hydrogens is 228 g/mol. The lowest BCUT2D eigenvalue weighted by molar-refractivity contribution is -0.134. The van der Waals surface area contributed by atoms with Crippen LogP contribution in [-0.2, 0) is 9.59 Å². The number of thioether (sulfide) groups is 2. The van der Waals surface area contributed by atoms with Crippen molar-refractivity contribution in [2.45, 2.75) is 6.10 Å². The van der Waals surface area contributed by atoms with Gasteiger partial charge in [0.25, 0.3) is 0 Å². The maximum atomic E-state index is 10.1. The van der Waals surface area contributed by atoms with Gasteiger partial charge in [-0.2, -0.15) is 0 Å². The lowest BCUT2D eigenvalue weighted by atomic mass is 10.5. The van der Waals surface area contributed by atoms with Crippen molar-refractivity contribution in [1.82, 2.24) is 0 Å². The normalized spacial score (nSPS) is 10.4. The first-order valence-electron chi connectivity index (χ1n) is 3.79. The first-order chi connectivity index (χ1) is 6.52. The summed E-state index contributed by atoms with van der Waals surface area (Å²) in [6, 6.07) is 0. The molecule has 14 heavy (non-hydrogen) atoms. The number of hydrogen-bond acceptors (Lipinski definition) is 5. The van der Waals surface area contributed by atoms with Gasteiger partial charge < -0.3 is 15.3 Å². The molecule has 0 saturated heterocycles. The molecule has 0 amide bonds. The van der Waals surface area contributed by atoms with Gasteiger partial charge in [-0.15, -0.1) is 23.5 Å². The van der Waals surface area contributed by atoms with Crippen LogP contribution in [0.5, 0.6) is 0 Å². The van der Waals surface area contributed by atoms with Gasteiger partial charge in [-0.1, -0.05) is 0 Å². The van der Waals surface area contributed by atoms with Crippen molar-refractivity contribution in [1.29, 1.82) is 0 Å². The highest BCUT2D eigenvalue weighted by atomic mass is 32.2. The summed E-state index contributed by atoms with van der Waals surface area (Å²) >= 11 is 2.24. The molecule has 0 heterocycles. The Labute approximate surface area is 89.9 Å². The summed E-state index contributed by atoms with van der Waals surface area (Å²) in [5.74, 6) is -1.28. The van der Waals surface area contributed by atoms with E-state index in [1.807, 2.05) is 0 Å². The van der Waals surface area contributed by atoms with Gasteiger partial charge in [0, 0.05) is 11.5 Å². The lowest BCUT2D eigenvalue weighted by Gasteiger charge is -2.07. The highest BCUT2D eigenvalue weighted by Gasteiger charge is 2.07. The zero-order valence-electron chi connectivity index (χ0n) is 7.38. The van der Waals surface area contributed by atoms with Crippen LogP contribution in [-0.4, -0.2) is 56.4 Å². The highest BCUT2D eigenvalue weighted by Crippen LogP contribution is 2.08. The van der Waals surface area contributed by atoms with Crippen LogP contribution in [0.25, 0.3) is 0 Å². The van der Waals surface area contributed by atoms with Gasteiger partial charge in [0.15, 0.2) is 0 Å². The molecule has 0 aliphatic rings. The minimum absolute atomic E-state index is 0.0410. The number of carbonyl (C=O) groups is 2. The summed E-state index contributed by atoms with van der Waals surface area (Å²) in [5.41, 5.74) is 0. The average Bonchev–Trinajstić information content (AvgIpc) is 2.02. The molecule has 0 rings (SSSR count). The quantitative estimate of drug-likeness (QED) is 0.549. The molecule has 0 radical (unpaired) electrons. The molecule has 0 spiro atoms. The van der Waals surface area contributed by atoms with Crippen LogP contribution in [0.2, 0.25) is 0 Å². The second kappa shape index (κ2) is 7.95. The molecule has 0 aliphatic heterocycles. The Hall–Kier alpha value is -0.400. The molecule has 0 saturated carbocycles. The third-order valence-electron chi connectivity index (χ3n) is 1.07.